The first-order chi connectivity index (χ1) is 9.52. The number of anilines is 1. The standard InChI is InChI=1S/C14H15FN2O2S/c1-17(14(18)13-11(16)5-6-20-13)8-9-3-4-12(19-2)10(15)7-9/h3-7H,8,16H2,1-2H3. The minimum Gasteiger partial charge on any atom is -0.494 e. The zero-order chi connectivity index (χ0) is 14.7. The van der Waals surface area contributed by atoms with Crippen molar-refractivity contribution in [1.29, 1.82) is 0 Å². The zero-order valence-corrected chi connectivity index (χ0v) is 12.0. The van der Waals surface area contributed by atoms with Gasteiger partial charge >= 0.3 is 0 Å². The van der Waals surface area contributed by atoms with Crippen LogP contribution in [0, 0.1) is 5.82 Å². The van der Waals surface area contributed by atoms with Gasteiger partial charge < -0.3 is 15.4 Å². The van der Waals surface area contributed by atoms with Gasteiger partial charge in [0.05, 0.1) is 12.8 Å². The van der Waals surface area contributed by atoms with E-state index >= 15 is 0 Å². The van der Waals surface area contributed by atoms with Crippen LogP contribution in [-0.4, -0.2) is 25.0 Å². The number of methoxy groups -OCH3 is 1. The molecule has 106 valence electrons. The van der Waals surface area contributed by atoms with Gasteiger partial charge in [0, 0.05) is 13.6 Å². The molecule has 0 unspecified atom stereocenters. The molecule has 1 aromatic heterocycles. The predicted octanol–water partition coefficient (Wildman–Crippen LogP) is 2.75. The fourth-order valence-electron chi connectivity index (χ4n) is 1.82. The van der Waals surface area contributed by atoms with E-state index in [0.717, 1.165) is 0 Å². The number of carbonyl (C=O) groups is 1. The molecule has 1 aromatic carbocycles. The first-order valence-electron chi connectivity index (χ1n) is 5.93. The third-order valence-electron chi connectivity index (χ3n) is 2.87. The zero-order valence-electron chi connectivity index (χ0n) is 11.2. The van der Waals surface area contributed by atoms with Gasteiger partial charge in [-0.15, -0.1) is 11.3 Å². The summed E-state index contributed by atoms with van der Waals surface area (Å²) in [6, 6.07) is 6.32. The van der Waals surface area contributed by atoms with E-state index < -0.39 is 5.82 Å². The second kappa shape index (κ2) is 5.92. The fraction of sp³-hybridized carbons (Fsp3) is 0.214. The van der Waals surface area contributed by atoms with Crippen molar-refractivity contribution in [2.75, 3.05) is 19.9 Å². The van der Waals surface area contributed by atoms with Crippen LogP contribution in [0.4, 0.5) is 10.1 Å². The van der Waals surface area contributed by atoms with Crippen LogP contribution >= 0.6 is 11.3 Å². The Morgan fingerprint density at radius 3 is 2.75 bits per heavy atom. The fourth-order valence-corrected chi connectivity index (χ4v) is 2.63. The van der Waals surface area contributed by atoms with E-state index in [2.05, 4.69) is 0 Å². The highest BCUT2D eigenvalue weighted by molar-refractivity contribution is 7.12. The van der Waals surface area contributed by atoms with E-state index in [0.29, 0.717) is 22.7 Å². The van der Waals surface area contributed by atoms with Crippen molar-refractivity contribution in [2.24, 2.45) is 0 Å². The molecule has 0 bridgehead atoms. The average molecular weight is 294 g/mol. The minimum absolute atomic E-state index is 0.172. The predicted molar refractivity (Wildman–Crippen MR) is 77.5 cm³/mol. The largest absolute Gasteiger partial charge is 0.494 e. The monoisotopic (exact) mass is 294 g/mol. The average Bonchev–Trinajstić information content (AvgIpc) is 2.84. The number of benzene rings is 1. The summed E-state index contributed by atoms with van der Waals surface area (Å²) in [6.45, 7) is 0.303. The molecule has 0 aliphatic rings. The van der Waals surface area contributed by atoms with Gasteiger partial charge in [0.1, 0.15) is 4.88 Å². The van der Waals surface area contributed by atoms with Gasteiger partial charge in [-0.05, 0) is 29.1 Å². The van der Waals surface area contributed by atoms with Crippen LogP contribution in [-0.2, 0) is 6.54 Å². The Hall–Kier alpha value is -2.08. The Morgan fingerprint density at radius 2 is 2.20 bits per heavy atom. The molecule has 6 heteroatoms. The van der Waals surface area contributed by atoms with Crippen molar-refractivity contribution in [3.05, 3.63) is 45.9 Å². The summed E-state index contributed by atoms with van der Waals surface area (Å²) in [5, 5.41) is 1.77. The van der Waals surface area contributed by atoms with Crippen LogP contribution in [0.2, 0.25) is 0 Å². The van der Waals surface area contributed by atoms with Crippen molar-refractivity contribution in [3.8, 4) is 5.75 Å². The lowest BCUT2D eigenvalue weighted by Gasteiger charge is -2.17. The number of carbonyl (C=O) groups excluding carboxylic acids is 1. The molecule has 0 radical (unpaired) electrons. The highest BCUT2D eigenvalue weighted by Gasteiger charge is 2.16. The van der Waals surface area contributed by atoms with Crippen LogP contribution < -0.4 is 10.5 Å². The third-order valence-corrected chi connectivity index (χ3v) is 3.79. The molecular weight excluding hydrogens is 279 g/mol. The molecule has 0 atom stereocenters. The van der Waals surface area contributed by atoms with E-state index in [9.17, 15) is 9.18 Å². The number of rotatable bonds is 4. The van der Waals surface area contributed by atoms with Gasteiger partial charge in [-0.2, -0.15) is 0 Å². The lowest BCUT2D eigenvalue weighted by molar-refractivity contribution is 0.0790. The SMILES string of the molecule is COc1ccc(CN(C)C(=O)c2sccc2N)cc1F. The number of nitrogens with two attached hydrogens (primary N) is 1. The van der Waals surface area contributed by atoms with E-state index in [-0.39, 0.29) is 11.7 Å². The van der Waals surface area contributed by atoms with E-state index in [1.165, 1.54) is 29.4 Å². The van der Waals surface area contributed by atoms with Crippen LogP contribution in [0.1, 0.15) is 15.2 Å². The van der Waals surface area contributed by atoms with Gasteiger partial charge in [-0.25, -0.2) is 4.39 Å². The van der Waals surface area contributed by atoms with Crippen LogP contribution in [0.25, 0.3) is 0 Å². The first-order valence-corrected chi connectivity index (χ1v) is 6.81. The summed E-state index contributed by atoms with van der Waals surface area (Å²) in [4.78, 5) is 14.2. The number of halogens is 1. The molecule has 20 heavy (non-hydrogen) atoms. The Morgan fingerprint density at radius 1 is 1.45 bits per heavy atom. The van der Waals surface area contributed by atoms with Crippen LogP contribution in [0.5, 0.6) is 5.75 Å². The molecule has 4 nitrogen and oxygen atoms in total. The molecule has 1 amide bonds. The smallest absolute Gasteiger partial charge is 0.266 e. The quantitative estimate of drug-likeness (QED) is 0.943. The Labute approximate surface area is 120 Å². The number of hydrogen-bond acceptors (Lipinski definition) is 4. The van der Waals surface area contributed by atoms with Gasteiger partial charge in [0.15, 0.2) is 11.6 Å². The van der Waals surface area contributed by atoms with Gasteiger partial charge in [-0.1, -0.05) is 6.07 Å². The molecule has 0 saturated heterocycles. The molecule has 0 spiro atoms. The molecular formula is C14H15FN2O2S. The Bertz CT molecular complexity index is 627. The Kier molecular flexibility index (Phi) is 4.24. The summed E-state index contributed by atoms with van der Waals surface area (Å²) in [5.41, 5.74) is 6.88. The maximum absolute atomic E-state index is 13.6. The number of hydrogen-bond donors (Lipinski definition) is 1. The van der Waals surface area contributed by atoms with E-state index in [4.69, 9.17) is 10.5 Å². The van der Waals surface area contributed by atoms with Crippen molar-refractivity contribution in [2.45, 2.75) is 6.54 Å². The normalized spacial score (nSPS) is 10.3. The molecule has 0 aliphatic heterocycles. The van der Waals surface area contributed by atoms with Crippen molar-refractivity contribution in [1.82, 2.24) is 4.90 Å². The number of nitrogens with zero attached hydrogens (tertiary/aromatic N) is 1. The van der Waals surface area contributed by atoms with Gasteiger partial charge in [-0.3, -0.25) is 4.79 Å². The minimum atomic E-state index is -0.443. The second-order valence-electron chi connectivity index (χ2n) is 4.34. The topological polar surface area (TPSA) is 55.6 Å². The van der Waals surface area contributed by atoms with E-state index in [1.807, 2.05) is 0 Å². The molecule has 2 aromatic rings. The summed E-state index contributed by atoms with van der Waals surface area (Å²) in [6.07, 6.45) is 0. The van der Waals surface area contributed by atoms with Crippen LogP contribution in [0.3, 0.4) is 0 Å². The molecule has 2 rings (SSSR count). The second-order valence-corrected chi connectivity index (χ2v) is 5.25. The van der Waals surface area contributed by atoms with Crippen molar-refractivity contribution < 1.29 is 13.9 Å². The molecule has 1 heterocycles. The maximum Gasteiger partial charge on any atom is 0.266 e. The number of thiophene rings is 1. The number of amides is 1. The van der Waals surface area contributed by atoms with Crippen LogP contribution in [0.15, 0.2) is 29.6 Å². The van der Waals surface area contributed by atoms with Gasteiger partial charge in [0.2, 0.25) is 0 Å². The number of nitrogen functional groups attached to an aromatic ring is 1. The highest BCUT2D eigenvalue weighted by atomic mass is 32.1. The summed E-state index contributed by atoms with van der Waals surface area (Å²) < 4.78 is 18.4. The van der Waals surface area contributed by atoms with E-state index in [1.54, 1.807) is 30.6 Å². The third kappa shape index (κ3) is 2.91. The molecule has 0 saturated carbocycles. The molecule has 2 N–H and O–H groups in total. The highest BCUT2D eigenvalue weighted by Crippen LogP contribution is 2.22. The first kappa shape index (κ1) is 14.3. The molecule has 0 fully saturated rings. The summed E-state index contributed by atoms with van der Waals surface area (Å²) >= 11 is 1.30. The van der Waals surface area contributed by atoms with Crippen molar-refractivity contribution >= 4 is 22.9 Å². The lowest BCUT2D eigenvalue weighted by atomic mass is 10.2. The molecule has 0 aliphatic carbocycles. The van der Waals surface area contributed by atoms with Crippen molar-refractivity contribution in [3.63, 3.8) is 0 Å². The number of ether oxygens (including phenoxy) is 1. The van der Waals surface area contributed by atoms with Gasteiger partial charge in [0.25, 0.3) is 5.91 Å². The Balaban J connectivity index is 2.12. The summed E-state index contributed by atoms with van der Waals surface area (Å²) in [7, 11) is 3.07. The maximum atomic E-state index is 13.6. The summed E-state index contributed by atoms with van der Waals surface area (Å²) in [5.74, 6) is -0.430. The lowest BCUT2D eigenvalue weighted by Crippen LogP contribution is -2.26.